The van der Waals surface area contributed by atoms with E-state index in [2.05, 4.69) is 5.32 Å². The van der Waals surface area contributed by atoms with Gasteiger partial charge < -0.3 is 10.2 Å². The molecule has 0 aliphatic rings. The second kappa shape index (κ2) is 13.3. The summed E-state index contributed by atoms with van der Waals surface area (Å²) in [4.78, 5) is 28.3. The highest BCUT2D eigenvalue weighted by Gasteiger charge is 2.33. The Labute approximate surface area is 240 Å². The number of anilines is 1. The van der Waals surface area contributed by atoms with Crippen molar-refractivity contribution in [3.05, 3.63) is 94.0 Å². The second-order valence-corrected chi connectivity index (χ2v) is 12.1. The van der Waals surface area contributed by atoms with Gasteiger partial charge in [0.1, 0.15) is 12.6 Å². The first-order valence-corrected chi connectivity index (χ1v) is 14.8. The highest BCUT2D eigenvalue weighted by Crippen LogP contribution is 2.27. The summed E-state index contributed by atoms with van der Waals surface area (Å²) in [5, 5.41) is 3.59. The predicted molar refractivity (Wildman–Crippen MR) is 157 cm³/mol. The summed E-state index contributed by atoms with van der Waals surface area (Å²) in [5.41, 5.74) is 1.94. The Morgan fingerprint density at radius 1 is 0.923 bits per heavy atom. The Morgan fingerprint density at radius 3 is 2.13 bits per heavy atom. The van der Waals surface area contributed by atoms with E-state index in [1.54, 1.807) is 55.5 Å². The summed E-state index contributed by atoms with van der Waals surface area (Å²) >= 11 is 12.5. The largest absolute Gasteiger partial charge is 0.352 e. The number of sulfonamides is 1. The van der Waals surface area contributed by atoms with E-state index in [1.165, 1.54) is 17.0 Å². The first-order chi connectivity index (χ1) is 18.4. The zero-order chi connectivity index (χ0) is 28.7. The third-order valence-electron chi connectivity index (χ3n) is 6.20. The van der Waals surface area contributed by atoms with Gasteiger partial charge in [0.15, 0.2) is 0 Å². The normalized spacial score (nSPS) is 12.2. The molecule has 10 heteroatoms. The molecule has 208 valence electrons. The number of aryl methyl sites for hydroxylation is 1. The number of halogens is 2. The Kier molecular flexibility index (Phi) is 10.4. The highest BCUT2D eigenvalue weighted by atomic mass is 35.5. The fraction of sp³-hybridized carbons (Fsp3) is 0.310. The van der Waals surface area contributed by atoms with Crippen molar-refractivity contribution in [2.45, 2.75) is 57.6 Å². The molecule has 3 rings (SSSR count). The van der Waals surface area contributed by atoms with Crippen LogP contribution in [0.15, 0.2) is 77.7 Å². The Balaban J connectivity index is 2.04. The molecule has 3 aromatic carbocycles. The van der Waals surface area contributed by atoms with Crippen LogP contribution in [0.5, 0.6) is 0 Å². The van der Waals surface area contributed by atoms with Crippen molar-refractivity contribution in [3.8, 4) is 0 Å². The summed E-state index contributed by atoms with van der Waals surface area (Å²) in [6.45, 7) is 6.70. The van der Waals surface area contributed by atoms with Gasteiger partial charge in [-0.3, -0.25) is 13.9 Å². The van der Waals surface area contributed by atoms with Gasteiger partial charge in [0, 0.05) is 22.6 Å². The Hall–Kier alpha value is -3.07. The van der Waals surface area contributed by atoms with Gasteiger partial charge in [-0.1, -0.05) is 66.5 Å². The number of carbonyl (C=O) groups is 2. The maximum Gasteiger partial charge on any atom is 0.264 e. The molecule has 0 aromatic heterocycles. The minimum absolute atomic E-state index is 0.0183. The summed E-state index contributed by atoms with van der Waals surface area (Å²) in [6.07, 6.45) is 0.781. The molecule has 0 fully saturated rings. The Bertz CT molecular complexity index is 1400. The van der Waals surface area contributed by atoms with E-state index in [9.17, 15) is 18.0 Å². The number of nitrogens with one attached hydrogen (secondary N) is 1. The average molecular weight is 591 g/mol. The molecule has 2 amide bonds. The van der Waals surface area contributed by atoms with E-state index in [4.69, 9.17) is 23.2 Å². The molecule has 39 heavy (non-hydrogen) atoms. The lowest BCUT2D eigenvalue weighted by Crippen LogP contribution is -2.52. The van der Waals surface area contributed by atoms with Crippen molar-refractivity contribution >= 4 is 50.7 Å². The van der Waals surface area contributed by atoms with Gasteiger partial charge >= 0.3 is 0 Å². The fourth-order valence-corrected chi connectivity index (χ4v) is 5.87. The number of nitrogens with zero attached hydrogens (tertiary/aromatic N) is 2. The average Bonchev–Trinajstić information content (AvgIpc) is 2.91. The minimum Gasteiger partial charge on any atom is -0.352 e. The van der Waals surface area contributed by atoms with Crippen LogP contribution in [0, 0.1) is 0 Å². The van der Waals surface area contributed by atoms with Gasteiger partial charge in [-0.2, -0.15) is 0 Å². The molecule has 3 aromatic rings. The molecular formula is C29H33Cl2N3O4S. The van der Waals surface area contributed by atoms with Crippen molar-refractivity contribution < 1.29 is 18.0 Å². The van der Waals surface area contributed by atoms with E-state index in [0.717, 1.165) is 16.3 Å². The number of rotatable bonds is 11. The van der Waals surface area contributed by atoms with Crippen LogP contribution < -0.4 is 9.62 Å². The van der Waals surface area contributed by atoms with Crippen LogP contribution in [0.2, 0.25) is 10.0 Å². The zero-order valence-electron chi connectivity index (χ0n) is 22.4. The smallest absolute Gasteiger partial charge is 0.264 e. The van der Waals surface area contributed by atoms with Crippen molar-refractivity contribution in [3.63, 3.8) is 0 Å². The molecule has 1 atom stereocenters. The molecule has 7 nitrogen and oxygen atoms in total. The standard InChI is InChI=1S/C29H33Cl2N3O4S/c1-5-22-11-15-25(16-12-22)34(39(37,38)26-9-7-6-8-10-26)19-28(35)33(21(4)29(36)32-20(2)3)18-23-13-14-24(30)17-27(23)31/h6-17,20-21H,5,18-19H2,1-4H3,(H,32,36)/t21-/m1/s1. The highest BCUT2D eigenvalue weighted by molar-refractivity contribution is 7.92. The summed E-state index contributed by atoms with van der Waals surface area (Å²) < 4.78 is 28.6. The quantitative estimate of drug-likeness (QED) is 0.311. The molecule has 0 aliphatic carbocycles. The molecule has 1 N–H and O–H groups in total. The van der Waals surface area contributed by atoms with E-state index < -0.39 is 28.5 Å². The van der Waals surface area contributed by atoms with Crippen molar-refractivity contribution in [1.29, 1.82) is 0 Å². The summed E-state index contributed by atoms with van der Waals surface area (Å²) in [7, 11) is -4.11. The molecule has 0 bridgehead atoms. The molecule has 0 radical (unpaired) electrons. The minimum atomic E-state index is -4.11. The van der Waals surface area contributed by atoms with Gasteiger partial charge in [-0.25, -0.2) is 8.42 Å². The van der Waals surface area contributed by atoms with Gasteiger partial charge in [0.05, 0.1) is 10.6 Å². The molecule has 0 saturated heterocycles. The van der Waals surface area contributed by atoms with E-state index in [-0.39, 0.29) is 23.4 Å². The lowest BCUT2D eigenvalue weighted by Gasteiger charge is -2.32. The molecule has 0 heterocycles. The summed E-state index contributed by atoms with van der Waals surface area (Å²) in [6, 6.07) is 18.8. The van der Waals surface area contributed by atoms with Gasteiger partial charge in [0.25, 0.3) is 10.0 Å². The first kappa shape index (κ1) is 30.5. The number of hydrogen-bond donors (Lipinski definition) is 1. The van der Waals surface area contributed by atoms with Crippen LogP contribution >= 0.6 is 23.2 Å². The van der Waals surface area contributed by atoms with E-state index in [1.807, 2.05) is 32.9 Å². The molecule has 0 aliphatic heterocycles. The number of hydrogen-bond acceptors (Lipinski definition) is 4. The lowest BCUT2D eigenvalue weighted by molar-refractivity contribution is -0.139. The van der Waals surface area contributed by atoms with Crippen molar-refractivity contribution in [2.24, 2.45) is 0 Å². The number of benzene rings is 3. The van der Waals surface area contributed by atoms with Crippen LogP contribution in [-0.2, 0) is 32.6 Å². The fourth-order valence-electron chi connectivity index (χ4n) is 3.97. The van der Waals surface area contributed by atoms with Gasteiger partial charge in [-0.15, -0.1) is 0 Å². The van der Waals surface area contributed by atoms with Crippen LogP contribution in [0.1, 0.15) is 38.8 Å². The van der Waals surface area contributed by atoms with Crippen LogP contribution in [0.25, 0.3) is 0 Å². The molecule has 0 saturated carbocycles. The summed E-state index contributed by atoms with van der Waals surface area (Å²) in [5.74, 6) is -0.931. The Morgan fingerprint density at radius 2 is 1.56 bits per heavy atom. The van der Waals surface area contributed by atoms with E-state index in [0.29, 0.717) is 21.3 Å². The number of amides is 2. The van der Waals surface area contributed by atoms with Crippen molar-refractivity contribution in [2.75, 3.05) is 10.8 Å². The molecule has 0 unspecified atom stereocenters. The monoisotopic (exact) mass is 589 g/mol. The van der Waals surface area contributed by atoms with Gasteiger partial charge in [-0.05, 0) is 74.7 Å². The first-order valence-electron chi connectivity index (χ1n) is 12.6. The third kappa shape index (κ3) is 7.75. The van der Waals surface area contributed by atoms with Crippen molar-refractivity contribution in [1.82, 2.24) is 10.2 Å². The second-order valence-electron chi connectivity index (χ2n) is 9.44. The van der Waals surface area contributed by atoms with Crippen LogP contribution in [0.3, 0.4) is 0 Å². The maximum absolute atomic E-state index is 13.9. The third-order valence-corrected chi connectivity index (χ3v) is 8.57. The van der Waals surface area contributed by atoms with E-state index >= 15 is 0 Å². The maximum atomic E-state index is 13.9. The van der Waals surface area contributed by atoms with Crippen LogP contribution in [-0.4, -0.2) is 43.8 Å². The SMILES string of the molecule is CCc1ccc(N(CC(=O)N(Cc2ccc(Cl)cc2Cl)[C@H](C)C(=O)NC(C)C)S(=O)(=O)c2ccccc2)cc1. The van der Waals surface area contributed by atoms with Crippen LogP contribution in [0.4, 0.5) is 5.69 Å². The molecular weight excluding hydrogens is 557 g/mol. The number of carbonyl (C=O) groups excluding carboxylic acids is 2. The van der Waals surface area contributed by atoms with Gasteiger partial charge in [0.2, 0.25) is 11.8 Å². The molecule has 0 spiro atoms. The zero-order valence-corrected chi connectivity index (χ0v) is 24.7. The lowest BCUT2D eigenvalue weighted by atomic mass is 10.1. The topological polar surface area (TPSA) is 86.8 Å². The predicted octanol–water partition coefficient (Wildman–Crippen LogP) is 5.69.